The Labute approximate surface area is 62.8 Å². The van der Waals surface area contributed by atoms with Crippen molar-refractivity contribution >= 4 is 0 Å². The molecule has 0 amide bonds. The average molecular weight is 140 g/mol. The Kier molecular flexibility index (Phi) is 1.69. The quantitative estimate of drug-likeness (QED) is 0.542. The number of fused-ring (bicyclic) bond motifs is 1. The van der Waals surface area contributed by atoms with Crippen molar-refractivity contribution in [3.8, 4) is 0 Å². The van der Waals surface area contributed by atoms with Crippen LogP contribution in [0.3, 0.4) is 0 Å². The summed E-state index contributed by atoms with van der Waals surface area (Å²) in [6, 6.07) is 0. The molecule has 0 saturated heterocycles. The Balaban J connectivity index is 1.94. The van der Waals surface area contributed by atoms with E-state index in [9.17, 15) is 0 Å². The van der Waals surface area contributed by atoms with Crippen molar-refractivity contribution in [1.82, 2.24) is 0 Å². The highest BCUT2D eigenvalue weighted by Gasteiger charge is 2.36. The van der Waals surface area contributed by atoms with Crippen molar-refractivity contribution in [2.24, 2.45) is 11.8 Å². The maximum Gasteiger partial charge on any atom is 0.0576 e. The molecule has 58 valence electrons. The molecule has 0 aromatic heterocycles. The molecule has 0 N–H and O–H groups in total. The molecule has 2 aliphatic rings. The molecule has 2 fully saturated rings. The van der Waals surface area contributed by atoms with Crippen LogP contribution in [-0.4, -0.2) is 13.2 Å². The minimum Gasteiger partial charge on any atom is -0.381 e. The molecule has 1 nitrogen and oxygen atoms in total. The van der Waals surface area contributed by atoms with Gasteiger partial charge in [-0.05, 0) is 24.7 Å². The van der Waals surface area contributed by atoms with Gasteiger partial charge in [0, 0.05) is 7.11 Å². The Morgan fingerprint density at radius 2 is 1.70 bits per heavy atom. The van der Waals surface area contributed by atoms with E-state index in [0.717, 1.165) is 11.8 Å². The van der Waals surface area contributed by atoms with Crippen molar-refractivity contribution < 1.29 is 4.74 Å². The van der Waals surface area contributed by atoms with E-state index in [1.807, 2.05) is 7.11 Å². The maximum absolute atomic E-state index is 5.35. The Hall–Kier alpha value is -0.0400. The zero-order valence-electron chi connectivity index (χ0n) is 6.68. The standard InChI is InChI=1S/C9H16O/c1-10-9-5-7-3-2-4-8(7)6-9/h7-9H,2-6H2,1H3/t7-,8?,9?/m1/s1. The highest BCUT2D eigenvalue weighted by Crippen LogP contribution is 2.44. The van der Waals surface area contributed by atoms with E-state index < -0.39 is 0 Å². The van der Waals surface area contributed by atoms with Crippen molar-refractivity contribution in [1.29, 1.82) is 0 Å². The van der Waals surface area contributed by atoms with Gasteiger partial charge in [0.05, 0.1) is 6.10 Å². The lowest BCUT2D eigenvalue weighted by molar-refractivity contribution is 0.101. The molecule has 0 aromatic carbocycles. The highest BCUT2D eigenvalue weighted by atomic mass is 16.5. The summed E-state index contributed by atoms with van der Waals surface area (Å²) in [7, 11) is 1.85. The Bertz CT molecular complexity index is 110. The summed E-state index contributed by atoms with van der Waals surface area (Å²) in [5.74, 6) is 2.06. The number of methoxy groups -OCH3 is 1. The molecule has 2 rings (SSSR count). The topological polar surface area (TPSA) is 9.23 Å². The van der Waals surface area contributed by atoms with E-state index in [-0.39, 0.29) is 0 Å². The third kappa shape index (κ3) is 0.968. The van der Waals surface area contributed by atoms with Gasteiger partial charge < -0.3 is 4.74 Å². The summed E-state index contributed by atoms with van der Waals surface area (Å²) in [6.07, 6.45) is 7.73. The molecule has 2 unspecified atom stereocenters. The zero-order chi connectivity index (χ0) is 6.97. The molecule has 0 aromatic rings. The SMILES string of the molecule is COC1CC2CCC[C@@H]2C1. The molecule has 3 atom stereocenters. The van der Waals surface area contributed by atoms with Gasteiger partial charge in [0.15, 0.2) is 0 Å². The van der Waals surface area contributed by atoms with Crippen molar-refractivity contribution in [3.05, 3.63) is 0 Å². The highest BCUT2D eigenvalue weighted by molar-refractivity contribution is 4.88. The van der Waals surface area contributed by atoms with Gasteiger partial charge in [-0.25, -0.2) is 0 Å². The van der Waals surface area contributed by atoms with Crippen molar-refractivity contribution in [2.45, 2.75) is 38.2 Å². The third-order valence-electron chi connectivity index (χ3n) is 3.28. The third-order valence-corrected chi connectivity index (χ3v) is 3.28. The van der Waals surface area contributed by atoms with Crippen LogP contribution >= 0.6 is 0 Å². The van der Waals surface area contributed by atoms with Crippen LogP contribution in [0.1, 0.15) is 32.1 Å². The summed E-state index contributed by atoms with van der Waals surface area (Å²) in [5.41, 5.74) is 0. The van der Waals surface area contributed by atoms with E-state index in [2.05, 4.69) is 0 Å². The van der Waals surface area contributed by atoms with E-state index >= 15 is 0 Å². The number of ether oxygens (including phenoxy) is 1. The molecule has 1 heteroatoms. The van der Waals surface area contributed by atoms with Gasteiger partial charge in [0.1, 0.15) is 0 Å². The second-order valence-electron chi connectivity index (χ2n) is 3.78. The van der Waals surface area contributed by atoms with Crippen molar-refractivity contribution in [2.75, 3.05) is 7.11 Å². The monoisotopic (exact) mass is 140 g/mol. The van der Waals surface area contributed by atoms with Crippen LogP contribution in [0.15, 0.2) is 0 Å². The molecular weight excluding hydrogens is 124 g/mol. The van der Waals surface area contributed by atoms with Gasteiger partial charge in [-0.1, -0.05) is 19.3 Å². The van der Waals surface area contributed by atoms with E-state index in [1.54, 1.807) is 0 Å². The molecular formula is C9H16O. The second kappa shape index (κ2) is 2.54. The summed E-state index contributed by atoms with van der Waals surface area (Å²) in [6.45, 7) is 0. The molecule has 0 spiro atoms. The van der Waals surface area contributed by atoms with Crippen LogP contribution in [0.2, 0.25) is 0 Å². The first-order valence-corrected chi connectivity index (χ1v) is 4.43. The molecule has 2 saturated carbocycles. The predicted octanol–water partition coefficient (Wildman–Crippen LogP) is 2.21. The zero-order valence-corrected chi connectivity index (χ0v) is 6.68. The molecule has 0 heterocycles. The first kappa shape index (κ1) is 6.66. The van der Waals surface area contributed by atoms with Gasteiger partial charge in [-0.2, -0.15) is 0 Å². The minimum atomic E-state index is 0.607. The number of hydrogen-bond donors (Lipinski definition) is 0. The smallest absolute Gasteiger partial charge is 0.0576 e. The fraction of sp³-hybridized carbons (Fsp3) is 1.00. The van der Waals surface area contributed by atoms with Crippen LogP contribution in [0, 0.1) is 11.8 Å². The van der Waals surface area contributed by atoms with Crippen LogP contribution in [0.5, 0.6) is 0 Å². The van der Waals surface area contributed by atoms with Crippen LogP contribution < -0.4 is 0 Å². The van der Waals surface area contributed by atoms with Gasteiger partial charge in [-0.15, -0.1) is 0 Å². The Morgan fingerprint density at radius 3 is 2.20 bits per heavy atom. The largest absolute Gasteiger partial charge is 0.381 e. The van der Waals surface area contributed by atoms with E-state index in [0.29, 0.717) is 6.10 Å². The lowest BCUT2D eigenvalue weighted by atomic mass is 10.0. The van der Waals surface area contributed by atoms with Crippen LogP contribution in [0.25, 0.3) is 0 Å². The summed E-state index contributed by atoms with van der Waals surface area (Å²) >= 11 is 0. The Morgan fingerprint density at radius 1 is 1.10 bits per heavy atom. The summed E-state index contributed by atoms with van der Waals surface area (Å²) in [4.78, 5) is 0. The van der Waals surface area contributed by atoms with E-state index in [1.165, 1.54) is 32.1 Å². The first-order chi connectivity index (χ1) is 4.90. The molecule has 2 aliphatic carbocycles. The molecule has 0 radical (unpaired) electrons. The molecule has 10 heavy (non-hydrogen) atoms. The van der Waals surface area contributed by atoms with Gasteiger partial charge in [0.25, 0.3) is 0 Å². The van der Waals surface area contributed by atoms with Crippen LogP contribution in [0.4, 0.5) is 0 Å². The molecule has 0 aliphatic heterocycles. The first-order valence-electron chi connectivity index (χ1n) is 4.43. The lowest BCUT2D eigenvalue weighted by Gasteiger charge is -2.06. The fourth-order valence-electron chi connectivity index (χ4n) is 2.70. The normalized spacial score (nSPS) is 45.9. The molecule has 0 bridgehead atoms. The summed E-state index contributed by atoms with van der Waals surface area (Å²) in [5, 5.41) is 0. The minimum absolute atomic E-state index is 0.607. The van der Waals surface area contributed by atoms with E-state index in [4.69, 9.17) is 4.74 Å². The number of rotatable bonds is 1. The predicted molar refractivity (Wildman–Crippen MR) is 40.9 cm³/mol. The lowest BCUT2D eigenvalue weighted by Crippen LogP contribution is -2.05. The second-order valence-corrected chi connectivity index (χ2v) is 3.78. The van der Waals surface area contributed by atoms with Crippen molar-refractivity contribution in [3.63, 3.8) is 0 Å². The fourth-order valence-corrected chi connectivity index (χ4v) is 2.70. The average Bonchev–Trinajstić information content (AvgIpc) is 2.42. The summed E-state index contributed by atoms with van der Waals surface area (Å²) < 4.78 is 5.35. The number of hydrogen-bond acceptors (Lipinski definition) is 1. The van der Waals surface area contributed by atoms with Gasteiger partial charge >= 0.3 is 0 Å². The maximum atomic E-state index is 5.35. The van der Waals surface area contributed by atoms with Gasteiger partial charge in [-0.3, -0.25) is 0 Å². The van der Waals surface area contributed by atoms with Gasteiger partial charge in [0.2, 0.25) is 0 Å². The van der Waals surface area contributed by atoms with Crippen LogP contribution in [-0.2, 0) is 4.74 Å².